The third kappa shape index (κ3) is 3.79. The van der Waals surface area contributed by atoms with Crippen molar-refractivity contribution in [2.75, 3.05) is 13.2 Å². The van der Waals surface area contributed by atoms with Gasteiger partial charge in [0, 0.05) is 13.2 Å². The largest absolute Gasteiger partial charge is 0.381 e. The van der Waals surface area contributed by atoms with Crippen LogP contribution in [0.4, 0.5) is 0 Å². The van der Waals surface area contributed by atoms with Gasteiger partial charge in [0.1, 0.15) is 0 Å². The molecule has 0 bridgehead atoms. The van der Waals surface area contributed by atoms with Crippen molar-refractivity contribution in [3.05, 3.63) is 0 Å². The number of nitriles is 1. The van der Waals surface area contributed by atoms with Gasteiger partial charge >= 0.3 is 0 Å². The SMILES string of the molecule is CCC1CCC(C#N)(CCOCC(C)C)C1. The molecule has 0 aromatic rings. The van der Waals surface area contributed by atoms with Gasteiger partial charge in [0.05, 0.1) is 11.5 Å². The summed E-state index contributed by atoms with van der Waals surface area (Å²) < 4.78 is 5.60. The van der Waals surface area contributed by atoms with E-state index in [0.717, 1.165) is 38.4 Å². The number of nitrogens with zero attached hydrogens (tertiary/aromatic N) is 1. The molecule has 1 aliphatic carbocycles. The molecule has 1 saturated carbocycles. The highest BCUT2D eigenvalue weighted by atomic mass is 16.5. The molecule has 2 heteroatoms. The van der Waals surface area contributed by atoms with Gasteiger partial charge in [0.15, 0.2) is 0 Å². The normalized spacial score (nSPS) is 29.6. The van der Waals surface area contributed by atoms with Crippen LogP contribution in [0.1, 0.15) is 52.9 Å². The third-order valence-corrected chi connectivity index (χ3v) is 3.70. The van der Waals surface area contributed by atoms with E-state index in [1.807, 2.05) is 0 Å². The fourth-order valence-electron chi connectivity index (χ4n) is 2.56. The van der Waals surface area contributed by atoms with Crippen molar-refractivity contribution in [1.82, 2.24) is 0 Å². The predicted octanol–water partition coefficient (Wildman–Crippen LogP) is 3.77. The minimum atomic E-state index is -0.0718. The zero-order valence-electron chi connectivity index (χ0n) is 11.0. The van der Waals surface area contributed by atoms with Crippen molar-refractivity contribution in [1.29, 1.82) is 5.26 Å². The van der Waals surface area contributed by atoms with E-state index in [4.69, 9.17) is 4.74 Å². The Morgan fingerprint density at radius 3 is 2.75 bits per heavy atom. The Kier molecular flexibility index (Phi) is 5.28. The molecule has 16 heavy (non-hydrogen) atoms. The molecule has 0 heterocycles. The predicted molar refractivity (Wildman–Crippen MR) is 66.0 cm³/mol. The summed E-state index contributed by atoms with van der Waals surface area (Å²) >= 11 is 0. The van der Waals surface area contributed by atoms with Crippen molar-refractivity contribution < 1.29 is 4.74 Å². The molecule has 2 atom stereocenters. The van der Waals surface area contributed by atoms with Crippen molar-refractivity contribution >= 4 is 0 Å². The van der Waals surface area contributed by atoms with E-state index < -0.39 is 0 Å². The van der Waals surface area contributed by atoms with E-state index in [2.05, 4.69) is 26.8 Å². The summed E-state index contributed by atoms with van der Waals surface area (Å²) in [6.07, 6.45) is 5.54. The highest BCUT2D eigenvalue weighted by molar-refractivity contribution is 5.03. The molecule has 0 aromatic heterocycles. The van der Waals surface area contributed by atoms with Gasteiger partial charge in [-0.1, -0.05) is 27.2 Å². The van der Waals surface area contributed by atoms with Gasteiger partial charge in [-0.2, -0.15) is 5.26 Å². The van der Waals surface area contributed by atoms with Crippen LogP contribution in [-0.4, -0.2) is 13.2 Å². The maximum absolute atomic E-state index is 9.33. The van der Waals surface area contributed by atoms with E-state index in [1.165, 1.54) is 12.8 Å². The molecule has 1 aliphatic rings. The summed E-state index contributed by atoms with van der Waals surface area (Å²) in [5.41, 5.74) is -0.0718. The molecule has 2 unspecified atom stereocenters. The zero-order chi connectivity index (χ0) is 12.0. The summed E-state index contributed by atoms with van der Waals surface area (Å²) in [7, 11) is 0. The Morgan fingerprint density at radius 1 is 1.50 bits per heavy atom. The van der Waals surface area contributed by atoms with Crippen LogP contribution in [0.25, 0.3) is 0 Å². The standard InChI is InChI=1S/C14H25NO/c1-4-13-5-6-14(9-13,11-15)7-8-16-10-12(2)3/h12-13H,4-10H2,1-3H3. The van der Waals surface area contributed by atoms with Crippen LogP contribution in [0, 0.1) is 28.6 Å². The van der Waals surface area contributed by atoms with Crippen molar-refractivity contribution in [3.63, 3.8) is 0 Å². The van der Waals surface area contributed by atoms with Gasteiger partial charge in [-0.3, -0.25) is 0 Å². The quantitative estimate of drug-likeness (QED) is 0.642. The van der Waals surface area contributed by atoms with E-state index in [0.29, 0.717) is 5.92 Å². The second kappa shape index (κ2) is 6.25. The summed E-state index contributed by atoms with van der Waals surface area (Å²) in [6.45, 7) is 8.11. The molecule has 2 nitrogen and oxygen atoms in total. The first kappa shape index (κ1) is 13.5. The highest BCUT2D eigenvalue weighted by Crippen LogP contribution is 2.45. The molecule has 0 radical (unpaired) electrons. The highest BCUT2D eigenvalue weighted by Gasteiger charge is 2.38. The van der Waals surface area contributed by atoms with E-state index in [9.17, 15) is 5.26 Å². The maximum atomic E-state index is 9.33. The molecular weight excluding hydrogens is 198 g/mol. The van der Waals surface area contributed by atoms with Crippen LogP contribution < -0.4 is 0 Å². The van der Waals surface area contributed by atoms with Gasteiger partial charge < -0.3 is 4.74 Å². The topological polar surface area (TPSA) is 33.0 Å². The first-order valence-electron chi connectivity index (χ1n) is 6.61. The smallest absolute Gasteiger partial charge is 0.0690 e. The van der Waals surface area contributed by atoms with Gasteiger partial charge in [-0.25, -0.2) is 0 Å². The lowest BCUT2D eigenvalue weighted by Gasteiger charge is -2.21. The average molecular weight is 223 g/mol. The Bertz CT molecular complexity index is 244. The van der Waals surface area contributed by atoms with Gasteiger partial charge in [0.2, 0.25) is 0 Å². The lowest BCUT2D eigenvalue weighted by molar-refractivity contribution is 0.0884. The molecule has 0 saturated heterocycles. The van der Waals surface area contributed by atoms with Crippen molar-refractivity contribution in [2.45, 2.75) is 52.9 Å². The van der Waals surface area contributed by atoms with E-state index >= 15 is 0 Å². The Balaban J connectivity index is 2.30. The van der Waals surface area contributed by atoms with Crippen LogP contribution in [0.3, 0.4) is 0 Å². The van der Waals surface area contributed by atoms with E-state index in [-0.39, 0.29) is 5.41 Å². The first-order valence-corrected chi connectivity index (χ1v) is 6.61. The Labute approximate surface area is 100.0 Å². The molecule has 1 rings (SSSR count). The van der Waals surface area contributed by atoms with Gasteiger partial charge in [-0.15, -0.1) is 0 Å². The molecular formula is C14H25NO. The molecule has 0 aromatic carbocycles. The monoisotopic (exact) mass is 223 g/mol. The third-order valence-electron chi connectivity index (χ3n) is 3.70. The van der Waals surface area contributed by atoms with Crippen LogP contribution in [0.2, 0.25) is 0 Å². The molecule has 92 valence electrons. The molecule has 0 spiro atoms. The van der Waals surface area contributed by atoms with Crippen LogP contribution in [-0.2, 0) is 4.74 Å². The lowest BCUT2D eigenvalue weighted by Crippen LogP contribution is -2.18. The second-order valence-corrected chi connectivity index (χ2v) is 5.63. The fraction of sp³-hybridized carbons (Fsp3) is 0.929. The minimum absolute atomic E-state index is 0.0718. The maximum Gasteiger partial charge on any atom is 0.0690 e. The Hall–Kier alpha value is -0.550. The number of ether oxygens (including phenoxy) is 1. The van der Waals surface area contributed by atoms with Crippen molar-refractivity contribution in [3.8, 4) is 6.07 Å². The van der Waals surface area contributed by atoms with Gasteiger partial charge in [-0.05, 0) is 37.5 Å². The van der Waals surface area contributed by atoms with Crippen molar-refractivity contribution in [2.24, 2.45) is 17.3 Å². The summed E-state index contributed by atoms with van der Waals surface area (Å²) in [5, 5.41) is 9.33. The van der Waals surface area contributed by atoms with E-state index in [1.54, 1.807) is 0 Å². The first-order chi connectivity index (χ1) is 7.62. The summed E-state index contributed by atoms with van der Waals surface area (Å²) in [5.74, 6) is 1.36. The molecule has 0 amide bonds. The van der Waals surface area contributed by atoms with Gasteiger partial charge in [0.25, 0.3) is 0 Å². The molecule has 0 aliphatic heterocycles. The number of rotatable bonds is 6. The number of hydrogen-bond acceptors (Lipinski definition) is 2. The molecule has 1 fully saturated rings. The second-order valence-electron chi connectivity index (χ2n) is 5.63. The van der Waals surface area contributed by atoms with Crippen LogP contribution in [0.15, 0.2) is 0 Å². The molecule has 0 N–H and O–H groups in total. The number of hydrogen-bond donors (Lipinski definition) is 0. The summed E-state index contributed by atoms with van der Waals surface area (Å²) in [6, 6.07) is 2.55. The zero-order valence-corrected chi connectivity index (χ0v) is 11.0. The lowest BCUT2D eigenvalue weighted by atomic mass is 9.83. The minimum Gasteiger partial charge on any atom is -0.381 e. The average Bonchev–Trinajstić information content (AvgIpc) is 2.69. The Morgan fingerprint density at radius 2 is 2.25 bits per heavy atom. The van der Waals surface area contributed by atoms with Crippen LogP contribution >= 0.6 is 0 Å². The van der Waals surface area contributed by atoms with Crippen LogP contribution in [0.5, 0.6) is 0 Å². The fourth-order valence-corrected chi connectivity index (χ4v) is 2.56. The summed E-state index contributed by atoms with van der Waals surface area (Å²) in [4.78, 5) is 0.